The Bertz CT molecular complexity index is 1010. The van der Waals surface area contributed by atoms with Crippen molar-refractivity contribution in [3.63, 3.8) is 0 Å². The number of ketones is 1. The molecule has 0 saturated heterocycles. The highest BCUT2D eigenvalue weighted by Crippen LogP contribution is 2.29. The van der Waals surface area contributed by atoms with Crippen LogP contribution in [0.2, 0.25) is 0 Å². The van der Waals surface area contributed by atoms with Gasteiger partial charge < -0.3 is 10.6 Å². The van der Waals surface area contributed by atoms with Crippen LogP contribution in [0.25, 0.3) is 0 Å². The van der Waals surface area contributed by atoms with Crippen LogP contribution in [0, 0.1) is 0 Å². The lowest BCUT2D eigenvalue weighted by molar-refractivity contribution is -0.137. The minimum atomic E-state index is -4.45. The standard InChI is InChI=1S/C21H16F3N3O2/c1-13(28)14-4-8-17(9-5-14)26-19-11-10-18(12-25-19)27-20(29)15-2-6-16(7-3-15)21(22,23)24/h2-12H,1H3,(H,25,26)(H,27,29). The maximum absolute atomic E-state index is 12.6. The van der Waals surface area contributed by atoms with Crippen molar-refractivity contribution in [2.24, 2.45) is 0 Å². The smallest absolute Gasteiger partial charge is 0.340 e. The second kappa shape index (κ2) is 8.14. The highest BCUT2D eigenvalue weighted by molar-refractivity contribution is 6.04. The quantitative estimate of drug-likeness (QED) is 0.571. The number of hydrogen-bond acceptors (Lipinski definition) is 4. The van der Waals surface area contributed by atoms with Gasteiger partial charge in [0.15, 0.2) is 5.78 Å². The van der Waals surface area contributed by atoms with E-state index in [4.69, 9.17) is 0 Å². The van der Waals surface area contributed by atoms with Gasteiger partial charge in [-0.25, -0.2) is 4.98 Å². The first kappa shape index (κ1) is 20.1. The molecule has 3 rings (SSSR count). The first-order valence-corrected chi connectivity index (χ1v) is 8.55. The monoisotopic (exact) mass is 399 g/mol. The molecule has 1 aromatic heterocycles. The molecule has 5 nitrogen and oxygen atoms in total. The van der Waals surface area contributed by atoms with E-state index in [1.54, 1.807) is 36.4 Å². The third-order valence-electron chi connectivity index (χ3n) is 4.06. The number of pyridine rings is 1. The number of amides is 1. The number of hydrogen-bond donors (Lipinski definition) is 2. The Morgan fingerprint density at radius 1 is 0.828 bits per heavy atom. The summed E-state index contributed by atoms with van der Waals surface area (Å²) >= 11 is 0. The fourth-order valence-corrected chi connectivity index (χ4v) is 2.49. The van der Waals surface area contributed by atoms with Gasteiger partial charge in [0, 0.05) is 16.8 Å². The van der Waals surface area contributed by atoms with Gasteiger partial charge in [0.05, 0.1) is 17.4 Å². The summed E-state index contributed by atoms with van der Waals surface area (Å²) in [6, 6.07) is 14.1. The van der Waals surface area contributed by atoms with E-state index in [1.165, 1.54) is 13.1 Å². The Morgan fingerprint density at radius 3 is 1.93 bits per heavy atom. The van der Waals surface area contributed by atoms with Gasteiger partial charge in [-0.3, -0.25) is 9.59 Å². The van der Waals surface area contributed by atoms with Gasteiger partial charge in [-0.1, -0.05) is 0 Å². The van der Waals surface area contributed by atoms with E-state index in [-0.39, 0.29) is 11.3 Å². The number of aromatic nitrogens is 1. The maximum atomic E-state index is 12.6. The molecule has 2 N–H and O–H groups in total. The predicted octanol–water partition coefficient (Wildman–Crippen LogP) is 5.30. The molecule has 148 valence electrons. The molecule has 0 fully saturated rings. The lowest BCUT2D eigenvalue weighted by Crippen LogP contribution is -2.13. The molecule has 2 aromatic carbocycles. The summed E-state index contributed by atoms with van der Waals surface area (Å²) in [5.41, 5.74) is 1.02. The fourth-order valence-electron chi connectivity index (χ4n) is 2.49. The molecule has 0 bridgehead atoms. The Hall–Kier alpha value is -3.68. The van der Waals surface area contributed by atoms with Crippen LogP contribution >= 0.6 is 0 Å². The summed E-state index contributed by atoms with van der Waals surface area (Å²) in [6.45, 7) is 1.49. The van der Waals surface area contributed by atoms with Gasteiger partial charge in [0.25, 0.3) is 5.91 Å². The number of carbonyl (C=O) groups is 2. The molecule has 0 saturated carbocycles. The number of carbonyl (C=O) groups excluding carboxylic acids is 2. The molecule has 29 heavy (non-hydrogen) atoms. The molecular formula is C21H16F3N3O2. The van der Waals surface area contributed by atoms with Crippen molar-refractivity contribution in [2.75, 3.05) is 10.6 Å². The van der Waals surface area contributed by atoms with Crippen LogP contribution in [-0.2, 0) is 6.18 Å². The minimum absolute atomic E-state index is 0.0252. The highest BCUT2D eigenvalue weighted by atomic mass is 19.4. The zero-order valence-corrected chi connectivity index (χ0v) is 15.2. The van der Waals surface area contributed by atoms with Crippen LogP contribution in [0.4, 0.5) is 30.4 Å². The largest absolute Gasteiger partial charge is 0.416 e. The van der Waals surface area contributed by atoms with Gasteiger partial charge in [-0.05, 0) is 67.6 Å². The van der Waals surface area contributed by atoms with Crippen molar-refractivity contribution in [1.82, 2.24) is 4.98 Å². The van der Waals surface area contributed by atoms with Crippen LogP contribution in [0.15, 0.2) is 66.9 Å². The summed E-state index contributed by atoms with van der Waals surface area (Å²) in [7, 11) is 0. The SMILES string of the molecule is CC(=O)c1ccc(Nc2ccc(NC(=O)c3ccc(C(F)(F)F)cc3)cn2)cc1. The van der Waals surface area contributed by atoms with Gasteiger partial charge in [0.2, 0.25) is 0 Å². The molecule has 0 aliphatic rings. The van der Waals surface area contributed by atoms with E-state index >= 15 is 0 Å². The molecule has 0 spiro atoms. The van der Waals surface area contributed by atoms with E-state index in [0.717, 1.165) is 30.0 Å². The van der Waals surface area contributed by atoms with Gasteiger partial charge in [-0.15, -0.1) is 0 Å². The van der Waals surface area contributed by atoms with Crippen molar-refractivity contribution in [3.05, 3.63) is 83.6 Å². The van der Waals surface area contributed by atoms with Gasteiger partial charge in [-0.2, -0.15) is 13.2 Å². The maximum Gasteiger partial charge on any atom is 0.416 e. The Kier molecular flexibility index (Phi) is 5.63. The number of alkyl halides is 3. The number of Topliss-reactive ketones (excluding diaryl/α,β-unsaturated/α-hetero) is 1. The van der Waals surface area contributed by atoms with Gasteiger partial charge >= 0.3 is 6.18 Å². The summed E-state index contributed by atoms with van der Waals surface area (Å²) < 4.78 is 37.8. The zero-order valence-electron chi connectivity index (χ0n) is 15.2. The number of nitrogens with zero attached hydrogens (tertiary/aromatic N) is 1. The molecule has 0 atom stereocenters. The van der Waals surface area contributed by atoms with E-state index in [9.17, 15) is 22.8 Å². The molecule has 8 heteroatoms. The first-order valence-electron chi connectivity index (χ1n) is 8.55. The van der Waals surface area contributed by atoms with Crippen LogP contribution in [0.3, 0.4) is 0 Å². The van der Waals surface area contributed by atoms with E-state index in [1.807, 2.05) is 0 Å². The molecular weight excluding hydrogens is 383 g/mol. The van der Waals surface area contributed by atoms with Gasteiger partial charge in [0.1, 0.15) is 5.82 Å². The van der Waals surface area contributed by atoms with E-state index in [2.05, 4.69) is 15.6 Å². The van der Waals surface area contributed by atoms with Crippen molar-refractivity contribution < 1.29 is 22.8 Å². The second-order valence-electron chi connectivity index (χ2n) is 6.22. The molecule has 0 unspecified atom stereocenters. The number of anilines is 3. The van der Waals surface area contributed by atoms with Crippen molar-refractivity contribution in [1.29, 1.82) is 0 Å². The third-order valence-corrected chi connectivity index (χ3v) is 4.06. The van der Waals surface area contributed by atoms with Crippen molar-refractivity contribution >= 4 is 28.9 Å². The topological polar surface area (TPSA) is 71.1 Å². The molecule has 3 aromatic rings. The molecule has 0 aliphatic carbocycles. The molecule has 0 aliphatic heterocycles. The number of benzene rings is 2. The summed E-state index contributed by atoms with van der Waals surface area (Å²) in [6.07, 6.45) is -3.03. The molecule has 0 radical (unpaired) electrons. The second-order valence-corrected chi connectivity index (χ2v) is 6.22. The Morgan fingerprint density at radius 2 is 1.41 bits per heavy atom. The first-order chi connectivity index (χ1) is 13.7. The average molecular weight is 399 g/mol. The summed E-state index contributed by atoms with van der Waals surface area (Å²) in [5, 5.41) is 5.64. The summed E-state index contributed by atoms with van der Waals surface area (Å²) in [5.74, 6) is -0.0445. The molecule has 1 amide bonds. The van der Waals surface area contributed by atoms with Crippen LogP contribution in [0.1, 0.15) is 33.2 Å². The van der Waals surface area contributed by atoms with E-state index in [0.29, 0.717) is 17.1 Å². The summed E-state index contributed by atoms with van der Waals surface area (Å²) in [4.78, 5) is 27.6. The van der Waals surface area contributed by atoms with Crippen LogP contribution in [0.5, 0.6) is 0 Å². The normalized spacial score (nSPS) is 11.0. The predicted molar refractivity (Wildman–Crippen MR) is 103 cm³/mol. The minimum Gasteiger partial charge on any atom is -0.340 e. The van der Waals surface area contributed by atoms with Crippen LogP contribution in [-0.4, -0.2) is 16.7 Å². The van der Waals surface area contributed by atoms with Crippen molar-refractivity contribution in [3.8, 4) is 0 Å². The lowest BCUT2D eigenvalue weighted by atomic mass is 10.1. The van der Waals surface area contributed by atoms with E-state index < -0.39 is 17.6 Å². The number of halogens is 3. The fraction of sp³-hybridized carbons (Fsp3) is 0.0952. The van der Waals surface area contributed by atoms with Crippen LogP contribution < -0.4 is 10.6 Å². The average Bonchev–Trinajstić information content (AvgIpc) is 2.69. The number of rotatable bonds is 5. The number of nitrogens with one attached hydrogen (secondary N) is 2. The van der Waals surface area contributed by atoms with Crippen molar-refractivity contribution in [2.45, 2.75) is 13.1 Å². The molecule has 1 heterocycles. The highest BCUT2D eigenvalue weighted by Gasteiger charge is 2.30. The third kappa shape index (κ3) is 5.19. The Balaban J connectivity index is 1.62. The zero-order chi connectivity index (χ0) is 21.0. The lowest BCUT2D eigenvalue weighted by Gasteiger charge is -2.09. The Labute approximate surface area is 164 Å².